The molecule has 0 aliphatic heterocycles. The zero-order chi connectivity index (χ0) is 14.1. The normalized spacial score (nSPS) is 10.5. The molecule has 0 aromatic carbocycles. The van der Waals surface area contributed by atoms with Gasteiger partial charge in [0, 0.05) is 26.7 Å². The van der Waals surface area contributed by atoms with Gasteiger partial charge in [0.2, 0.25) is 0 Å². The topological polar surface area (TPSA) is 79.4 Å². The summed E-state index contributed by atoms with van der Waals surface area (Å²) in [5.41, 5.74) is 0.316. The SMILES string of the molecule is COCCNc1ccc(C(=O)NCCN(C)C)nn1. The number of aromatic nitrogens is 2. The van der Waals surface area contributed by atoms with Gasteiger partial charge in [0.05, 0.1) is 6.61 Å². The number of anilines is 1. The van der Waals surface area contributed by atoms with Gasteiger partial charge in [-0.1, -0.05) is 0 Å². The lowest BCUT2D eigenvalue weighted by atomic mass is 10.3. The van der Waals surface area contributed by atoms with Crippen molar-refractivity contribution >= 4 is 11.7 Å². The molecule has 19 heavy (non-hydrogen) atoms. The largest absolute Gasteiger partial charge is 0.383 e. The second-order valence-corrected chi connectivity index (χ2v) is 4.28. The lowest BCUT2D eigenvalue weighted by molar-refractivity contribution is 0.0945. The van der Waals surface area contributed by atoms with Gasteiger partial charge in [0.15, 0.2) is 5.69 Å². The summed E-state index contributed by atoms with van der Waals surface area (Å²) >= 11 is 0. The molecule has 1 aromatic heterocycles. The zero-order valence-electron chi connectivity index (χ0n) is 11.6. The molecule has 7 nitrogen and oxygen atoms in total. The Labute approximate surface area is 113 Å². The Balaban J connectivity index is 2.39. The van der Waals surface area contributed by atoms with E-state index in [1.54, 1.807) is 19.2 Å². The summed E-state index contributed by atoms with van der Waals surface area (Å²) in [6.45, 7) is 2.62. The maximum atomic E-state index is 11.7. The number of rotatable bonds is 8. The predicted molar refractivity (Wildman–Crippen MR) is 73.3 cm³/mol. The number of likely N-dealkylation sites (N-methyl/N-ethyl adjacent to an activating group) is 1. The first kappa shape index (κ1) is 15.3. The molecule has 1 rings (SSSR count). The fourth-order valence-corrected chi connectivity index (χ4v) is 1.31. The number of nitrogens with zero attached hydrogens (tertiary/aromatic N) is 3. The smallest absolute Gasteiger partial charge is 0.271 e. The second kappa shape index (κ2) is 8.39. The molecule has 1 aromatic rings. The first-order valence-corrected chi connectivity index (χ1v) is 6.13. The van der Waals surface area contributed by atoms with E-state index in [-0.39, 0.29) is 5.91 Å². The minimum Gasteiger partial charge on any atom is -0.383 e. The number of carbonyl (C=O) groups excluding carboxylic acids is 1. The molecule has 0 aliphatic carbocycles. The third-order valence-electron chi connectivity index (χ3n) is 2.35. The van der Waals surface area contributed by atoms with E-state index in [0.29, 0.717) is 31.2 Å². The third-order valence-corrected chi connectivity index (χ3v) is 2.35. The van der Waals surface area contributed by atoms with Gasteiger partial charge >= 0.3 is 0 Å². The van der Waals surface area contributed by atoms with Gasteiger partial charge < -0.3 is 20.3 Å². The average Bonchev–Trinajstić information content (AvgIpc) is 2.39. The van der Waals surface area contributed by atoms with Crippen molar-refractivity contribution in [1.29, 1.82) is 0 Å². The molecule has 2 N–H and O–H groups in total. The summed E-state index contributed by atoms with van der Waals surface area (Å²) in [6, 6.07) is 3.37. The van der Waals surface area contributed by atoms with Gasteiger partial charge in [-0.2, -0.15) is 0 Å². The van der Waals surface area contributed by atoms with Crippen molar-refractivity contribution in [2.24, 2.45) is 0 Å². The van der Waals surface area contributed by atoms with Crippen LogP contribution in [0, 0.1) is 0 Å². The van der Waals surface area contributed by atoms with Crippen molar-refractivity contribution in [2.45, 2.75) is 0 Å². The van der Waals surface area contributed by atoms with Crippen LogP contribution in [-0.2, 0) is 4.74 Å². The molecule has 1 heterocycles. The van der Waals surface area contributed by atoms with Crippen LogP contribution < -0.4 is 10.6 Å². The maximum Gasteiger partial charge on any atom is 0.271 e. The van der Waals surface area contributed by atoms with Crippen molar-refractivity contribution in [3.8, 4) is 0 Å². The monoisotopic (exact) mass is 267 g/mol. The van der Waals surface area contributed by atoms with Crippen LogP contribution in [0.5, 0.6) is 0 Å². The van der Waals surface area contributed by atoms with Gasteiger partial charge in [-0.3, -0.25) is 4.79 Å². The summed E-state index contributed by atoms with van der Waals surface area (Å²) in [4.78, 5) is 13.7. The number of carbonyl (C=O) groups is 1. The highest BCUT2D eigenvalue weighted by Gasteiger charge is 2.07. The Kier molecular flexibility index (Phi) is 6.76. The highest BCUT2D eigenvalue weighted by molar-refractivity contribution is 5.92. The molecule has 0 fully saturated rings. The third kappa shape index (κ3) is 6.12. The molecule has 0 radical (unpaired) electrons. The molecule has 0 unspecified atom stereocenters. The number of ether oxygens (including phenoxy) is 1. The molecule has 7 heteroatoms. The summed E-state index contributed by atoms with van der Waals surface area (Å²) in [5, 5.41) is 13.6. The Bertz CT molecular complexity index is 380. The maximum absolute atomic E-state index is 11.7. The molecule has 1 amide bonds. The van der Waals surface area contributed by atoms with Gasteiger partial charge in [0.1, 0.15) is 5.82 Å². The van der Waals surface area contributed by atoms with Crippen LogP contribution in [-0.4, -0.2) is 68.5 Å². The summed E-state index contributed by atoms with van der Waals surface area (Å²) < 4.78 is 4.91. The molecule has 0 atom stereocenters. The van der Waals surface area contributed by atoms with Crippen LogP contribution in [0.25, 0.3) is 0 Å². The molecular weight excluding hydrogens is 246 g/mol. The average molecular weight is 267 g/mol. The highest BCUT2D eigenvalue weighted by atomic mass is 16.5. The van der Waals surface area contributed by atoms with Crippen LogP contribution in [0.2, 0.25) is 0 Å². The van der Waals surface area contributed by atoms with E-state index in [0.717, 1.165) is 6.54 Å². The molecule has 106 valence electrons. The summed E-state index contributed by atoms with van der Waals surface area (Å²) in [7, 11) is 5.54. The Morgan fingerprint density at radius 1 is 1.32 bits per heavy atom. The lowest BCUT2D eigenvalue weighted by Crippen LogP contribution is -2.31. The number of nitrogens with one attached hydrogen (secondary N) is 2. The lowest BCUT2D eigenvalue weighted by Gasteiger charge is -2.10. The molecule has 0 spiro atoms. The first-order valence-electron chi connectivity index (χ1n) is 6.13. The van der Waals surface area contributed by atoms with E-state index >= 15 is 0 Å². The van der Waals surface area contributed by atoms with Crippen LogP contribution in [0.4, 0.5) is 5.82 Å². The minimum absolute atomic E-state index is 0.210. The molecule has 0 aliphatic rings. The zero-order valence-corrected chi connectivity index (χ0v) is 11.6. The van der Waals surface area contributed by atoms with Crippen LogP contribution in [0.1, 0.15) is 10.5 Å². The molecule has 0 saturated heterocycles. The van der Waals surface area contributed by atoms with Gasteiger partial charge in [-0.25, -0.2) is 0 Å². The van der Waals surface area contributed by atoms with E-state index < -0.39 is 0 Å². The van der Waals surface area contributed by atoms with Crippen molar-refractivity contribution < 1.29 is 9.53 Å². The van der Waals surface area contributed by atoms with Crippen molar-refractivity contribution in [1.82, 2.24) is 20.4 Å². The van der Waals surface area contributed by atoms with Gasteiger partial charge in [-0.15, -0.1) is 10.2 Å². The number of hydrogen-bond acceptors (Lipinski definition) is 6. The fourth-order valence-electron chi connectivity index (χ4n) is 1.31. The van der Waals surface area contributed by atoms with Crippen molar-refractivity contribution in [3.05, 3.63) is 17.8 Å². The van der Waals surface area contributed by atoms with E-state index in [4.69, 9.17) is 4.74 Å². The first-order chi connectivity index (χ1) is 9.13. The van der Waals surface area contributed by atoms with E-state index in [1.807, 2.05) is 19.0 Å². The Morgan fingerprint density at radius 3 is 2.68 bits per heavy atom. The number of hydrogen-bond donors (Lipinski definition) is 2. The van der Waals surface area contributed by atoms with Crippen molar-refractivity contribution in [3.63, 3.8) is 0 Å². The second-order valence-electron chi connectivity index (χ2n) is 4.28. The molecule has 0 bridgehead atoms. The highest BCUT2D eigenvalue weighted by Crippen LogP contribution is 2.01. The Morgan fingerprint density at radius 2 is 2.11 bits per heavy atom. The fraction of sp³-hybridized carbons (Fsp3) is 0.583. The quantitative estimate of drug-likeness (QED) is 0.636. The van der Waals surface area contributed by atoms with Crippen LogP contribution >= 0.6 is 0 Å². The number of methoxy groups -OCH3 is 1. The Hall–Kier alpha value is -1.73. The summed E-state index contributed by atoms with van der Waals surface area (Å²) in [5.74, 6) is 0.416. The van der Waals surface area contributed by atoms with Crippen LogP contribution in [0.3, 0.4) is 0 Å². The predicted octanol–water partition coefficient (Wildman–Crippen LogP) is -0.174. The molecular formula is C12H21N5O2. The van der Waals surface area contributed by atoms with E-state index in [9.17, 15) is 4.79 Å². The van der Waals surface area contributed by atoms with Gasteiger partial charge in [0.25, 0.3) is 5.91 Å². The van der Waals surface area contributed by atoms with Gasteiger partial charge in [-0.05, 0) is 26.2 Å². The summed E-state index contributed by atoms with van der Waals surface area (Å²) in [6.07, 6.45) is 0. The molecule has 0 saturated carbocycles. The van der Waals surface area contributed by atoms with E-state index in [1.165, 1.54) is 0 Å². The van der Waals surface area contributed by atoms with E-state index in [2.05, 4.69) is 20.8 Å². The minimum atomic E-state index is -0.210. The number of amides is 1. The standard InChI is InChI=1S/C12H21N5O2/c1-17(2)8-6-14-12(18)10-4-5-11(16-15-10)13-7-9-19-3/h4-5H,6-9H2,1-3H3,(H,13,16)(H,14,18). The van der Waals surface area contributed by atoms with Crippen molar-refractivity contribution in [2.75, 3.05) is 52.8 Å². The van der Waals surface area contributed by atoms with Crippen LogP contribution in [0.15, 0.2) is 12.1 Å².